The van der Waals surface area contributed by atoms with E-state index < -0.39 is 0 Å². The summed E-state index contributed by atoms with van der Waals surface area (Å²) in [5.41, 5.74) is 3.49. The number of ether oxygens (including phenoxy) is 1. The molecule has 0 spiro atoms. The standard InChI is InChI=1S/C22H18O.C6H7.C2H7Si.Ti/c1-4-11-19(12-5-1)13-10-18-22(20-14-6-2-7-15-20)23-21-16-8-3-9-17-21;1-6-4-2-3-5-6;1-3-2;/h1-18H;2,4H,3H2,1H3;3H,1-2H3;/q;-1;;. The number of para-hydroxylation sites is 1. The zero-order chi connectivity index (χ0) is 22.9. The molecule has 1 aliphatic rings. The van der Waals surface area contributed by atoms with E-state index in [2.05, 4.69) is 56.5 Å². The summed E-state index contributed by atoms with van der Waals surface area (Å²) in [7, 11) is 0.750. The van der Waals surface area contributed by atoms with Gasteiger partial charge in [-0.15, -0.1) is 6.42 Å². The molecular weight excluding hydrogens is 452 g/mol. The Bertz CT molecular complexity index is 1000. The van der Waals surface area contributed by atoms with Crippen molar-refractivity contribution in [1.29, 1.82) is 0 Å². The van der Waals surface area contributed by atoms with E-state index in [4.69, 9.17) is 4.74 Å². The SMILES string of the molecule is C(=Cc1ccccc1)C=C(Oc1ccccc1)c1ccccc1.CC1=[C-]CC=C1.C[SiH]C.[Ti]. The quantitative estimate of drug-likeness (QED) is 0.154. The van der Waals surface area contributed by atoms with Gasteiger partial charge in [-0.05, 0) is 23.8 Å². The first kappa shape index (κ1) is 28.4. The molecule has 167 valence electrons. The summed E-state index contributed by atoms with van der Waals surface area (Å²) in [4.78, 5) is 0. The molecule has 3 aromatic carbocycles. The molecule has 0 amide bonds. The Balaban J connectivity index is 0.000000460. The van der Waals surface area contributed by atoms with Crippen LogP contribution >= 0.6 is 0 Å². The molecule has 0 N–H and O–H groups in total. The average Bonchev–Trinajstić information content (AvgIpc) is 3.32. The summed E-state index contributed by atoms with van der Waals surface area (Å²) in [5.74, 6) is 1.65. The molecule has 1 radical (unpaired) electrons. The van der Waals surface area contributed by atoms with Gasteiger partial charge in [0, 0.05) is 36.8 Å². The third kappa shape index (κ3) is 12.2. The van der Waals surface area contributed by atoms with Crippen LogP contribution in [0.3, 0.4) is 0 Å². The first-order chi connectivity index (χ1) is 15.7. The van der Waals surface area contributed by atoms with Crippen molar-refractivity contribution in [2.75, 3.05) is 0 Å². The number of allylic oxidation sites excluding steroid dienone is 6. The largest absolute Gasteiger partial charge is 0.457 e. The smallest absolute Gasteiger partial charge is 0.134 e. The van der Waals surface area contributed by atoms with Crippen molar-refractivity contribution in [3.05, 3.63) is 138 Å². The topological polar surface area (TPSA) is 9.23 Å². The van der Waals surface area contributed by atoms with Gasteiger partial charge in [0.1, 0.15) is 11.5 Å². The summed E-state index contributed by atoms with van der Waals surface area (Å²) < 4.78 is 6.05. The molecule has 0 aliphatic heterocycles. The fraction of sp³-hybridized carbons (Fsp3) is 0.133. The molecule has 1 aliphatic carbocycles. The Hall–Kier alpha value is -2.65. The van der Waals surface area contributed by atoms with Gasteiger partial charge < -0.3 is 4.74 Å². The summed E-state index contributed by atoms with van der Waals surface area (Å²) in [6.45, 7) is 6.48. The zero-order valence-electron chi connectivity index (χ0n) is 19.7. The first-order valence-corrected chi connectivity index (χ1v) is 13.2. The normalized spacial score (nSPS) is 12.0. The average molecular weight is 485 g/mol. The van der Waals surface area contributed by atoms with Crippen molar-refractivity contribution in [3.63, 3.8) is 0 Å². The van der Waals surface area contributed by atoms with Crippen LogP contribution in [0.25, 0.3) is 11.8 Å². The molecule has 0 aromatic heterocycles. The number of hydrogen-bond donors (Lipinski definition) is 0. The van der Waals surface area contributed by atoms with Crippen molar-refractivity contribution in [2.24, 2.45) is 0 Å². The molecule has 4 rings (SSSR count). The van der Waals surface area contributed by atoms with Gasteiger partial charge in [-0.1, -0.05) is 111 Å². The van der Waals surface area contributed by atoms with E-state index in [1.807, 2.05) is 91.0 Å². The van der Waals surface area contributed by atoms with Crippen molar-refractivity contribution in [3.8, 4) is 5.75 Å². The van der Waals surface area contributed by atoms with E-state index in [-0.39, 0.29) is 21.7 Å². The molecule has 33 heavy (non-hydrogen) atoms. The number of hydrogen-bond acceptors (Lipinski definition) is 1. The van der Waals surface area contributed by atoms with Crippen LogP contribution in [0, 0.1) is 6.08 Å². The second-order valence-electron chi connectivity index (χ2n) is 7.13. The Kier molecular flexibility index (Phi) is 15.4. The van der Waals surface area contributed by atoms with Gasteiger partial charge >= 0.3 is 0 Å². The van der Waals surface area contributed by atoms with Crippen LogP contribution in [0.1, 0.15) is 24.5 Å². The van der Waals surface area contributed by atoms with Crippen LogP contribution in [0.5, 0.6) is 5.75 Å². The fourth-order valence-electron chi connectivity index (χ4n) is 2.73. The Morgan fingerprint density at radius 3 is 1.88 bits per heavy atom. The molecule has 0 atom stereocenters. The monoisotopic (exact) mass is 484 g/mol. The first-order valence-electron chi connectivity index (χ1n) is 10.9. The molecule has 0 saturated carbocycles. The Morgan fingerprint density at radius 1 is 0.848 bits per heavy atom. The van der Waals surface area contributed by atoms with E-state index in [9.17, 15) is 0 Å². The van der Waals surface area contributed by atoms with Crippen molar-refractivity contribution >= 4 is 21.4 Å². The van der Waals surface area contributed by atoms with E-state index >= 15 is 0 Å². The molecule has 3 heteroatoms. The summed E-state index contributed by atoms with van der Waals surface area (Å²) >= 11 is 0. The van der Waals surface area contributed by atoms with E-state index in [1.165, 1.54) is 5.57 Å². The fourth-order valence-corrected chi connectivity index (χ4v) is 2.73. The predicted molar refractivity (Wildman–Crippen MR) is 142 cm³/mol. The molecule has 0 unspecified atom stereocenters. The van der Waals surface area contributed by atoms with E-state index in [1.54, 1.807) is 0 Å². The minimum atomic E-state index is 0. The maximum atomic E-state index is 6.05. The van der Waals surface area contributed by atoms with Crippen molar-refractivity contribution in [2.45, 2.75) is 26.4 Å². The van der Waals surface area contributed by atoms with E-state index in [0.717, 1.165) is 38.6 Å². The molecule has 0 bridgehead atoms. The summed E-state index contributed by atoms with van der Waals surface area (Å²) in [6.07, 6.45) is 14.4. The van der Waals surface area contributed by atoms with Gasteiger partial charge in [0.15, 0.2) is 0 Å². The van der Waals surface area contributed by atoms with Crippen LogP contribution in [0.4, 0.5) is 0 Å². The van der Waals surface area contributed by atoms with E-state index in [0.29, 0.717) is 0 Å². The maximum Gasteiger partial charge on any atom is 0.134 e. The molecule has 0 saturated heterocycles. The van der Waals surface area contributed by atoms with Gasteiger partial charge in [-0.2, -0.15) is 6.08 Å². The minimum Gasteiger partial charge on any atom is -0.457 e. The van der Waals surface area contributed by atoms with Gasteiger partial charge in [0.25, 0.3) is 0 Å². The molecule has 3 aromatic rings. The summed E-state index contributed by atoms with van der Waals surface area (Å²) in [6, 6.07) is 30.2. The van der Waals surface area contributed by atoms with Crippen molar-refractivity contribution in [1.82, 2.24) is 0 Å². The Labute approximate surface area is 217 Å². The molecule has 1 nitrogen and oxygen atoms in total. The van der Waals surface area contributed by atoms with Gasteiger partial charge in [-0.25, -0.2) is 11.6 Å². The van der Waals surface area contributed by atoms with Crippen LogP contribution in [0.15, 0.2) is 121 Å². The second kappa shape index (κ2) is 17.9. The molecule has 0 heterocycles. The third-order valence-electron chi connectivity index (χ3n) is 4.23. The van der Waals surface area contributed by atoms with Crippen LogP contribution in [-0.2, 0) is 21.7 Å². The van der Waals surface area contributed by atoms with Gasteiger partial charge in [-0.3, -0.25) is 6.08 Å². The minimum absolute atomic E-state index is 0. The maximum absolute atomic E-state index is 6.05. The third-order valence-corrected chi connectivity index (χ3v) is 4.23. The molecule has 0 fully saturated rings. The van der Waals surface area contributed by atoms with Crippen LogP contribution in [-0.4, -0.2) is 9.52 Å². The summed E-state index contributed by atoms with van der Waals surface area (Å²) in [5, 5.41) is 0. The molecular formula is C30H32OSiTi-. The number of benzene rings is 3. The Morgan fingerprint density at radius 2 is 1.39 bits per heavy atom. The van der Waals surface area contributed by atoms with Crippen LogP contribution in [0.2, 0.25) is 13.1 Å². The van der Waals surface area contributed by atoms with Gasteiger partial charge in [0.05, 0.1) is 0 Å². The van der Waals surface area contributed by atoms with Crippen LogP contribution < -0.4 is 4.74 Å². The van der Waals surface area contributed by atoms with Gasteiger partial charge in [0.2, 0.25) is 0 Å². The predicted octanol–water partition coefficient (Wildman–Crippen LogP) is 8.03. The second-order valence-corrected chi connectivity index (χ2v) is 8.28. The number of rotatable bonds is 5. The zero-order valence-corrected chi connectivity index (χ0v) is 22.5. The van der Waals surface area contributed by atoms with Crippen molar-refractivity contribution < 1.29 is 26.5 Å².